The highest BCUT2D eigenvalue weighted by molar-refractivity contribution is 9.10. The molecular weight excluding hydrogens is 354 g/mol. The Morgan fingerprint density at radius 2 is 2.00 bits per heavy atom. The summed E-state index contributed by atoms with van der Waals surface area (Å²) >= 11 is 3.02. The van der Waals surface area contributed by atoms with Crippen molar-refractivity contribution < 1.29 is 22.3 Å². The maximum Gasteiger partial charge on any atom is 0.261 e. The molecule has 1 rings (SSSR count). The lowest BCUT2D eigenvalue weighted by Gasteiger charge is -2.20. The fourth-order valence-electron chi connectivity index (χ4n) is 1.90. The van der Waals surface area contributed by atoms with Gasteiger partial charge in [0.2, 0.25) is 0 Å². The van der Waals surface area contributed by atoms with Gasteiger partial charge >= 0.3 is 0 Å². The summed E-state index contributed by atoms with van der Waals surface area (Å²) in [5.74, 6) is -1.35. The minimum atomic E-state index is -2.55. The van der Waals surface area contributed by atoms with E-state index in [2.05, 4.69) is 21.2 Å². The van der Waals surface area contributed by atoms with E-state index in [1.54, 1.807) is 0 Å². The van der Waals surface area contributed by atoms with Crippen LogP contribution in [0.1, 0.15) is 31.4 Å². The van der Waals surface area contributed by atoms with Gasteiger partial charge in [0.15, 0.2) is 0 Å². The van der Waals surface area contributed by atoms with Gasteiger partial charge in [0.1, 0.15) is 18.2 Å². The van der Waals surface area contributed by atoms with Crippen LogP contribution in [0.15, 0.2) is 16.6 Å². The van der Waals surface area contributed by atoms with Crippen molar-refractivity contribution in [3.05, 3.63) is 33.8 Å². The molecule has 1 aromatic carbocycles. The van der Waals surface area contributed by atoms with Crippen molar-refractivity contribution in [3.8, 4) is 0 Å². The summed E-state index contributed by atoms with van der Waals surface area (Å²) in [6, 6.07) is 1.83. The van der Waals surface area contributed by atoms with Gasteiger partial charge in [-0.1, -0.05) is 6.92 Å². The summed E-state index contributed by atoms with van der Waals surface area (Å²) in [6.45, 7) is 1.80. The van der Waals surface area contributed by atoms with Gasteiger partial charge in [0, 0.05) is 18.2 Å². The van der Waals surface area contributed by atoms with Gasteiger partial charge in [-0.3, -0.25) is 0 Å². The van der Waals surface area contributed by atoms with Crippen LogP contribution in [-0.4, -0.2) is 26.2 Å². The summed E-state index contributed by atoms with van der Waals surface area (Å²) < 4.78 is 56.9. The van der Waals surface area contributed by atoms with E-state index in [0.29, 0.717) is 6.54 Å². The third kappa shape index (κ3) is 5.92. The SMILES string of the molecule is CCCNC(CCOCC(F)F)c1c(F)ccc(Br)c1F. The Labute approximate surface area is 130 Å². The first kappa shape index (κ1) is 18.4. The van der Waals surface area contributed by atoms with Crippen LogP contribution in [0.4, 0.5) is 17.6 Å². The van der Waals surface area contributed by atoms with Gasteiger partial charge in [-0.2, -0.15) is 0 Å². The highest BCUT2D eigenvalue weighted by Gasteiger charge is 2.21. The molecule has 0 spiro atoms. The molecule has 21 heavy (non-hydrogen) atoms. The molecule has 0 radical (unpaired) electrons. The fourth-order valence-corrected chi connectivity index (χ4v) is 2.25. The first-order chi connectivity index (χ1) is 9.97. The van der Waals surface area contributed by atoms with Crippen LogP contribution in [0.25, 0.3) is 0 Å². The lowest BCUT2D eigenvalue weighted by atomic mass is 10.0. The van der Waals surface area contributed by atoms with E-state index in [9.17, 15) is 17.6 Å². The molecule has 0 amide bonds. The van der Waals surface area contributed by atoms with E-state index >= 15 is 0 Å². The van der Waals surface area contributed by atoms with E-state index in [1.807, 2.05) is 6.92 Å². The third-order valence-electron chi connectivity index (χ3n) is 2.86. The number of halogens is 5. The average Bonchev–Trinajstić information content (AvgIpc) is 2.44. The fraction of sp³-hybridized carbons (Fsp3) is 0.571. The van der Waals surface area contributed by atoms with Crippen molar-refractivity contribution in [2.24, 2.45) is 0 Å². The molecule has 1 aromatic rings. The van der Waals surface area contributed by atoms with E-state index in [4.69, 9.17) is 4.74 Å². The Morgan fingerprint density at radius 1 is 1.29 bits per heavy atom. The minimum absolute atomic E-state index is 0.00286. The van der Waals surface area contributed by atoms with Gasteiger partial charge in [0.25, 0.3) is 6.43 Å². The van der Waals surface area contributed by atoms with Gasteiger partial charge in [-0.15, -0.1) is 0 Å². The molecule has 1 unspecified atom stereocenters. The number of alkyl halides is 2. The van der Waals surface area contributed by atoms with Gasteiger partial charge in [-0.25, -0.2) is 17.6 Å². The maximum absolute atomic E-state index is 14.1. The largest absolute Gasteiger partial charge is 0.375 e. The number of ether oxygens (including phenoxy) is 1. The van der Waals surface area contributed by atoms with Crippen LogP contribution in [0.5, 0.6) is 0 Å². The number of nitrogens with one attached hydrogen (secondary N) is 1. The van der Waals surface area contributed by atoms with Crippen molar-refractivity contribution in [2.75, 3.05) is 19.8 Å². The van der Waals surface area contributed by atoms with E-state index in [0.717, 1.165) is 6.42 Å². The third-order valence-corrected chi connectivity index (χ3v) is 3.48. The maximum atomic E-state index is 14.1. The monoisotopic (exact) mass is 371 g/mol. The molecule has 1 atom stereocenters. The first-order valence-electron chi connectivity index (χ1n) is 6.70. The minimum Gasteiger partial charge on any atom is -0.375 e. The van der Waals surface area contributed by atoms with Crippen molar-refractivity contribution >= 4 is 15.9 Å². The Kier molecular flexibility index (Phi) is 8.21. The second kappa shape index (κ2) is 9.38. The molecule has 120 valence electrons. The second-order valence-electron chi connectivity index (χ2n) is 4.52. The van der Waals surface area contributed by atoms with Crippen molar-refractivity contribution in [1.29, 1.82) is 0 Å². The van der Waals surface area contributed by atoms with Crippen molar-refractivity contribution in [1.82, 2.24) is 5.32 Å². The zero-order valence-corrected chi connectivity index (χ0v) is 13.2. The Hall–Kier alpha value is -0.660. The predicted molar refractivity (Wildman–Crippen MR) is 76.5 cm³/mol. The number of benzene rings is 1. The molecule has 0 saturated carbocycles. The molecule has 7 heteroatoms. The van der Waals surface area contributed by atoms with Crippen molar-refractivity contribution in [2.45, 2.75) is 32.2 Å². The van der Waals surface area contributed by atoms with E-state index in [1.165, 1.54) is 12.1 Å². The average molecular weight is 372 g/mol. The van der Waals surface area contributed by atoms with Crippen LogP contribution in [0, 0.1) is 11.6 Å². The summed E-state index contributed by atoms with van der Waals surface area (Å²) in [5, 5.41) is 3.01. The molecule has 0 aliphatic rings. The van der Waals surface area contributed by atoms with Gasteiger partial charge in [0.05, 0.1) is 4.47 Å². The Morgan fingerprint density at radius 3 is 2.62 bits per heavy atom. The molecule has 0 aliphatic heterocycles. The topological polar surface area (TPSA) is 21.3 Å². The van der Waals surface area contributed by atoms with Crippen LogP contribution in [-0.2, 0) is 4.74 Å². The molecule has 1 N–H and O–H groups in total. The molecule has 0 heterocycles. The van der Waals surface area contributed by atoms with Crippen LogP contribution in [0.2, 0.25) is 0 Å². The predicted octanol–water partition coefficient (Wildman–Crippen LogP) is 4.44. The van der Waals surface area contributed by atoms with Crippen LogP contribution in [0.3, 0.4) is 0 Å². The highest BCUT2D eigenvalue weighted by atomic mass is 79.9. The molecule has 0 saturated heterocycles. The highest BCUT2D eigenvalue weighted by Crippen LogP contribution is 2.28. The summed E-state index contributed by atoms with van der Waals surface area (Å²) in [5.41, 5.74) is -0.0986. The molecule has 0 bridgehead atoms. The van der Waals surface area contributed by atoms with Gasteiger partial charge in [-0.05, 0) is 47.4 Å². The number of rotatable bonds is 9. The zero-order valence-electron chi connectivity index (χ0n) is 11.6. The Bertz CT molecular complexity index is 445. The number of hydrogen-bond donors (Lipinski definition) is 1. The molecule has 0 aliphatic carbocycles. The first-order valence-corrected chi connectivity index (χ1v) is 7.49. The van der Waals surface area contributed by atoms with Gasteiger partial charge < -0.3 is 10.1 Å². The zero-order chi connectivity index (χ0) is 15.8. The number of hydrogen-bond acceptors (Lipinski definition) is 2. The smallest absolute Gasteiger partial charge is 0.261 e. The van der Waals surface area contributed by atoms with E-state index < -0.39 is 30.7 Å². The lowest BCUT2D eigenvalue weighted by Crippen LogP contribution is -2.26. The normalized spacial score (nSPS) is 12.9. The standard InChI is InChI=1S/C14H18BrF4NO/c1-2-6-20-11(5-7-21-8-12(17)18)13-10(16)4-3-9(15)14(13)19/h3-4,11-12,20H,2,5-8H2,1H3. The summed E-state index contributed by atoms with van der Waals surface area (Å²) in [7, 11) is 0. The molecular formula is C14H18BrF4NO. The lowest BCUT2D eigenvalue weighted by molar-refractivity contribution is 0.0142. The second-order valence-corrected chi connectivity index (χ2v) is 5.37. The summed E-state index contributed by atoms with van der Waals surface area (Å²) in [6.07, 6.45) is -1.56. The van der Waals surface area contributed by atoms with Crippen molar-refractivity contribution in [3.63, 3.8) is 0 Å². The van der Waals surface area contributed by atoms with E-state index in [-0.39, 0.29) is 23.1 Å². The van der Waals surface area contributed by atoms with Crippen LogP contribution < -0.4 is 5.32 Å². The summed E-state index contributed by atoms with van der Waals surface area (Å²) in [4.78, 5) is 0. The Balaban J connectivity index is 2.79. The quantitative estimate of drug-likeness (QED) is 0.393. The van der Waals surface area contributed by atoms with Crippen LogP contribution >= 0.6 is 15.9 Å². The molecule has 0 fully saturated rings. The molecule has 0 aromatic heterocycles. The molecule has 2 nitrogen and oxygen atoms in total.